The molecule has 0 heterocycles. The van der Waals surface area contributed by atoms with Gasteiger partial charge in [-0.05, 0) is 31.2 Å². The fraction of sp³-hybridized carbons (Fsp3) is 0.750. The maximum atomic E-state index is 5.55. The smallest absolute Gasteiger partial charge is 0.00432 e. The highest BCUT2D eigenvalue weighted by atomic mass is 14.6. The Balaban J connectivity index is 2.41. The summed E-state index contributed by atoms with van der Waals surface area (Å²) in [6, 6.07) is 0. The van der Waals surface area contributed by atoms with Gasteiger partial charge in [0.2, 0.25) is 0 Å². The van der Waals surface area contributed by atoms with Crippen molar-refractivity contribution in [2.24, 2.45) is 17.6 Å². The summed E-state index contributed by atoms with van der Waals surface area (Å²) in [5, 5.41) is 0. The van der Waals surface area contributed by atoms with Crippen molar-refractivity contribution in [3.05, 3.63) is 12.7 Å². The molecule has 1 rings (SSSR count). The molecule has 1 saturated carbocycles. The summed E-state index contributed by atoms with van der Waals surface area (Å²) in [4.78, 5) is 0. The Morgan fingerprint density at radius 2 is 2.33 bits per heavy atom. The normalized spacial score (nSPS) is 34.8. The fourth-order valence-electron chi connectivity index (χ4n) is 1.67. The zero-order chi connectivity index (χ0) is 6.69. The molecule has 0 spiro atoms. The van der Waals surface area contributed by atoms with Crippen LogP contribution in [0, 0.1) is 11.8 Å². The minimum atomic E-state index is 0.718. The predicted molar refractivity (Wildman–Crippen MR) is 40.1 cm³/mol. The van der Waals surface area contributed by atoms with Crippen molar-refractivity contribution in [3.8, 4) is 0 Å². The molecule has 0 bridgehead atoms. The van der Waals surface area contributed by atoms with Crippen molar-refractivity contribution < 1.29 is 0 Å². The van der Waals surface area contributed by atoms with Crippen molar-refractivity contribution >= 4 is 0 Å². The van der Waals surface area contributed by atoms with Crippen LogP contribution in [0.15, 0.2) is 12.7 Å². The zero-order valence-corrected chi connectivity index (χ0v) is 5.84. The van der Waals surface area contributed by atoms with E-state index in [1.807, 2.05) is 0 Å². The molecular formula is C8H15N. The molecule has 0 aromatic rings. The van der Waals surface area contributed by atoms with Gasteiger partial charge in [-0.25, -0.2) is 0 Å². The number of nitrogens with two attached hydrogens (primary N) is 1. The van der Waals surface area contributed by atoms with E-state index in [4.69, 9.17) is 5.73 Å². The van der Waals surface area contributed by atoms with Gasteiger partial charge in [0.1, 0.15) is 0 Å². The van der Waals surface area contributed by atoms with Crippen LogP contribution in [-0.2, 0) is 0 Å². The second-order valence-corrected chi connectivity index (χ2v) is 2.83. The van der Waals surface area contributed by atoms with Gasteiger partial charge in [-0.3, -0.25) is 0 Å². The Kier molecular flexibility index (Phi) is 2.29. The Morgan fingerprint density at radius 1 is 1.56 bits per heavy atom. The van der Waals surface area contributed by atoms with Crippen LogP contribution >= 0.6 is 0 Å². The molecule has 2 atom stereocenters. The molecule has 0 aromatic carbocycles. The molecule has 52 valence electrons. The third kappa shape index (κ3) is 1.33. The zero-order valence-electron chi connectivity index (χ0n) is 5.84. The van der Waals surface area contributed by atoms with E-state index in [1.165, 1.54) is 19.3 Å². The van der Waals surface area contributed by atoms with Crippen LogP contribution in [0.3, 0.4) is 0 Å². The molecule has 1 fully saturated rings. The lowest BCUT2D eigenvalue weighted by Gasteiger charge is -2.11. The van der Waals surface area contributed by atoms with E-state index in [9.17, 15) is 0 Å². The Labute approximate surface area is 56.9 Å². The Bertz CT molecular complexity index is 98.7. The highest BCUT2D eigenvalue weighted by molar-refractivity contribution is 4.89. The molecule has 2 unspecified atom stereocenters. The molecular weight excluding hydrogens is 110 g/mol. The molecule has 1 aliphatic rings. The highest BCUT2D eigenvalue weighted by Crippen LogP contribution is 2.31. The highest BCUT2D eigenvalue weighted by Gasteiger charge is 2.22. The van der Waals surface area contributed by atoms with E-state index in [1.54, 1.807) is 0 Å². The van der Waals surface area contributed by atoms with E-state index in [0.29, 0.717) is 0 Å². The first-order valence-electron chi connectivity index (χ1n) is 3.71. The SMILES string of the molecule is C=CC1CCCC1CN. The number of rotatable bonds is 2. The summed E-state index contributed by atoms with van der Waals surface area (Å²) in [6.07, 6.45) is 6.03. The van der Waals surface area contributed by atoms with Gasteiger partial charge < -0.3 is 5.73 Å². The fourth-order valence-corrected chi connectivity index (χ4v) is 1.67. The van der Waals surface area contributed by atoms with Crippen LogP contribution in [-0.4, -0.2) is 6.54 Å². The largest absolute Gasteiger partial charge is 0.330 e. The van der Waals surface area contributed by atoms with Gasteiger partial charge >= 0.3 is 0 Å². The molecule has 1 nitrogen and oxygen atoms in total. The maximum absolute atomic E-state index is 5.55. The lowest BCUT2D eigenvalue weighted by molar-refractivity contribution is 0.470. The summed E-state index contributed by atoms with van der Waals surface area (Å²) in [6.45, 7) is 4.63. The summed E-state index contributed by atoms with van der Waals surface area (Å²) in [5.74, 6) is 1.46. The quantitative estimate of drug-likeness (QED) is 0.557. The first kappa shape index (κ1) is 6.81. The third-order valence-corrected chi connectivity index (χ3v) is 2.32. The van der Waals surface area contributed by atoms with Gasteiger partial charge in [0.25, 0.3) is 0 Å². The molecule has 0 radical (unpaired) electrons. The lowest BCUT2D eigenvalue weighted by atomic mass is 9.97. The second-order valence-electron chi connectivity index (χ2n) is 2.83. The maximum Gasteiger partial charge on any atom is -0.00432 e. The molecule has 1 aliphatic carbocycles. The first-order valence-corrected chi connectivity index (χ1v) is 3.71. The standard InChI is InChI=1S/C8H15N/c1-2-7-4-3-5-8(7)6-9/h2,7-8H,1,3-6,9H2. The van der Waals surface area contributed by atoms with Crippen molar-refractivity contribution in [1.29, 1.82) is 0 Å². The molecule has 1 heteroatoms. The van der Waals surface area contributed by atoms with Gasteiger partial charge in [-0.1, -0.05) is 12.5 Å². The van der Waals surface area contributed by atoms with Crippen molar-refractivity contribution in [1.82, 2.24) is 0 Å². The average Bonchev–Trinajstić information content (AvgIpc) is 2.33. The van der Waals surface area contributed by atoms with Crippen LogP contribution in [0.5, 0.6) is 0 Å². The van der Waals surface area contributed by atoms with Crippen molar-refractivity contribution in [2.45, 2.75) is 19.3 Å². The van der Waals surface area contributed by atoms with E-state index >= 15 is 0 Å². The molecule has 9 heavy (non-hydrogen) atoms. The van der Waals surface area contributed by atoms with Gasteiger partial charge in [-0.15, -0.1) is 6.58 Å². The van der Waals surface area contributed by atoms with Crippen LogP contribution in [0.25, 0.3) is 0 Å². The number of allylic oxidation sites excluding steroid dienone is 1. The van der Waals surface area contributed by atoms with Gasteiger partial charge in [0.05, 0.1) is 0 Å². The van der Waals surface area contributed by atoms with E-state index in [2.05, 4.69) is 12.7 Å². The number of hydrogen-bond acceptors (Lipinski definition) is 1. The second kappa shape index (κ2) is 3.02. The Hall–Kier alpha value is -0.300. The minimum Gasteiger partial charge on any atom is -0.330 e. The average molecular weight is 125 g/mol. The Morgan fingerprint density at radius 3 is 2.78 bits per heavy atom. The van der Waals surface area contributed by atoms with Gasteiger partial charge in [0, 0.05) is 0 Å². The predicted octanol–water partition coefficient (Wildman–Crippen LogP) is 1.55. The first-order chi connectivity index (χ1) is 4.38. The summed E-state index contributed by atoms with van der Waals surface area (Å²) < 4.78 is 0. The summed E-state index contributed by atoms with van der Waals surface area (Å²) in [5.41, 5.74) is 5.55. The van der Waals surface area contributed by atoms with E-state index < -0.39 is 0 Å². The molecule has 0 saturated heterocycles. The third-order valence-electron chi connectivity index (χ3n) is 2.32. The van der Waals surface area contributed by atoms with Crippen molar-refractivity contribution in [3.63, 3.8) is 0 Å². The topological polar surface area (TPSA) is 26.0 Å². The van der Waals surface area contributed by atoms with Crippen molar-refractivity contribution in [2.75, 3.05) is 6.54 Å². The van der Waals surface area contributed by atoms with Gasteiger partial charge in [0.15, 0.2) is 0 Å². The van der Waals surface area contributed by atoms with Crippen LogP contribution in [0.4, 0.5) is 0 Å². The lowest BCUT2D eigenvalue weighted by Crippen LogP contribution is -2.16. The van der Waals surface area contributed by atoms with Crippen LogP contribution in [0.1, 0.15) is 19.3 Å². The number of hydrogen-bond donors (Lipinski definition) is 1. The summed E-state index contributed by atoms with van der Waals surface area (Å²) in [7, 11) is 0. The van der Waals surface area contributed by atoms with E-state index in [0.717, 1.165) is 18.4 Å². The van der Waals surface area contributed by atoms with E-state index in [-0.39, 0.29) is 0 Å². The molecule has 0 amide bonds. The molecule has 2 N–H and O–H groups in total. The van der Waals surface area contributed by atoms with Crippen LogP contribution in [0.2, 0.25) is 0 Å². The van der Waals surface area contributed by atoms with Crippen LogP contribution < -0.4 is 5.73 Å². The molecule has 0 aromatic heterocycles. The molecule has 0 aliphatic heterocycles. The minimum absolute atomic E-state index is 0.718. The summed E-state index contributed by atoms with van der Waals surface area (Å²) >= 11 is 0. The monoisotopic (exact) mass is 125 g/mol. The van der Waals surface area contributed by atoms with Gasteiger partial charge in [-0.2, -0.15) is 0 Å².